The van der Waals surface area contributed by atoms with Crippen molar-refractivity contribution >= 4 is 5.91 Å². The molecule has 0 atom stereocenters. The smallest absolute Gasteiger partial charge is 0.271 e. The van der Waals surface area contributed by atoms with Gasteiger partial charge in [0.25, 0.3) is 5.91 Å². The van der Waals surface area contributed by atoms with Crippen LogP contribution >= 0.6 is 0 Å². The second-order valence-electron chi connectivity index (χ2n) is 4.52. The van der Waals surface area contributed by atoms with Crippen molar-refractivity contribution in [3.63, 3.8) is 0 Å². The Morgan fingerprint density at radius 1 is 1.25 bits per heavy atom. The second-order valence-corrected chi connectivity index (χ2v) is 4.52. The molecule has 1 amide bonds. The van der Waals surface area contributed by atoms with Crippen molar-refractivity contribution in [1.82, 2.24) is 15.3 Å². The fourth-order valence-corrected chi connectivity index (χ4v) is 1.86. The highest BCUT2D eigenvalue weighted by molar-refractivity contribution is 5.91. The lowest BCUT2D eigenvalue weighted by molar-refractivity contribution is 0.0945. The van der Waals surface area contributed by atoms with E-state index in [0.29, 0.717) is 12.2 Å². The number of nitrogens with zero attached hydrogens (tertiary/aromatic N) is 2. The number of hydrogen-bond acceptors (Lipinski definition) is 4. The summed E-state index contributed by atoms with van der Waals surface area (Å²) >= 11 is 0. The molecule has 0 saturated carbocycles. The topological polar surface area (TPSA) is 64.1 Å². The van der Waals surface area contributed by atoms with Crippen molar-refractivity contribution in [3.05, 3.63) is 53.1 Å². The van der Waals surface area contributed by atoms with Gasteiger partial charge in [-0.25, -0.2) is 4.98 Å². The maximum atomic E-state index is 11.9. The van der Waals surface area contributed by atoms with Gasteiger partial charge in [-0.3, -0.25) is 9.78 Å². The summed E-state index contributed by atoms with van der Waals surface area (Å²) in [4.78, 5) is 19.7. The number of ether oxygens (including phenoxy) is 1. The molecule has 0 aliphatic heterocycles. The average molecular weight is 271 g/mol. The molecule has 0 aliphatic carbocycles. The quantitative estimate of drug-likeness (QED) is 0.924. The third-order valence-corrected chi connectivity index (χ3v) is 3.13. The van der Waals surface area contributed by atoms with Crippen LogP contribution in [0.2, 0.25) is 0 Å². The Bertz CT molecular complexity index is 612. The largest absolute Gasteiger partial charge is 0.496 e. The van der Waals surface area contributed by atoms with E-state index in [1.807, 2.05) is 26.0 Å². The number of nitrogens with one attached hydrogen (secondary N) is 1. The zero-order chi connectivity index (χ0) is 14.5. The Kier molecular flexibility index (Phi) is 4.30. The number of benzene rings is 1. The van der Waals surface area contributed by atoms with Crippen LogP contribution in [0.4, 0.5) is 0 Å². The number of amides is 1. The first-order chi connectivity index (χ1) is 9.61. The Labute approximate surface area is 118 Å². The molecule has 0 spiro atoms. The Morgan fingerprint density at radius 2 is 2.00 bits per heavy atom. The van der Waals surface area contributed by atoms with E-state index >= 15 is 0 Å². The first-order valence-electron chi connectivity index (χ1n) is 6.30. The number of carbonyl (C=O) groups excluding carboxylic acids is 1. The highest BCUT2D eigenvalue weighted by atomic mass is 16.5. The van der Waals surface area contributed by atoms with E-state index in [-0.39, 0.29) is 5.91 Å². The molecule has 2 aromatic rings. The molecule has 0 radical (unpaired) electrons. The maximum absolute atomic E-state index is 11.9. The van der Waals surface area contributed by atoms with Gasteiger partial charge in [0.05, 0.1) is 13.3 Å². The van der Waals surface area contributed by atoms with Gasteiger partial charge in [-0.1, -0.05) is 6.07 Å². The van der Waals surface area contributed by atoms with E-state index in [1.54, 1.807) is 7.11 Å². The molecule has 0 unspecified atom stereocenters. The highest BCUT2D eigenvalue weighted by Gasteiger charge is 2.10. The van der Waals surface area contributed by atoms with Crippen LogP contribution in [0.15, 0.2) is 30.7 Å². The Balaban J connectivity index is 2.11. The van der Waals surface area contributed by atoms with Crippen molar-refractivity contribution in [2.75, 3.05) is 7.11 Å². The molecule has 20 heavy (non-hydrogen) atoms. The fourth-order valence-electron chi connectivity index (χ4n) is 1.86. The van der Waals surface area contributed by atoms with Crippen LogP contribution in [0.25, 0.3) is 0 Å². The van der Waals surface area contributed by atoms with Crippen molar-refractivity contribution in [2.45, 2.75) is 20.4 Å². The van der Waals surface area contributed by atoms with Crippen molar-refractivity contribution in [3.8, 4) is 5.75 Å². The van der Waals surface area contributed by atoms with E-state index in [4.69, 9.17) is 4.74 Å². The van der Waals surface area contributed by atoms with E-state index in [2.05, 4.69) is 15.3 Å². The van der Waals surface area contributed by atoms with Gasteiger partial charge < -0.3 is 10.1 Å². The van der Waals surface area contributed by atoms with E-state index < -0.39 is 0 Å². The summed E-state index contributed by atoms with van der Waals surface area (Å²) in [7, 11) is 1.62. The molecule has 1 heterocycles. The van der Waals surface area contributed by atoms with Gasteiger partial charge in [0.15, 0.2) is 0 Å². The average Bonchev–Trinajstić information content (AvgIpc) is 2.48. The molecule has 1 aromatic heterocycles. The first-order valence-corrected chi connectivity index (χ1v) is 6.30. The first kappa shape index (κ1) is 14.0. The fraction of sp³-hybridized carbons (Fsp3) is 0.267. The van der Waals surface area contributed by atoms with Crippen LogP contribution in [0.5, 0.6) is 5.75 Å². The predicted molar refractivity (Wildman–Crippen MR) is 75.7 cm³/mol. The van der Waals surface area contributed by atoms with Crippen LogP contribution in [0, 0.1) is 13.8 Å². The predicted octanol–water partition coefficient (Wildman–Crippen LogP) is 2.03. The summed E-state index contributed by atoms with van der Waals surface area (Å²) < 4.78 is 5.34. The van der Waals surface area contributed by atoms with Gasteiger partial charge >= 0.3 is 0 Å². The van der Waals surface area contributed by atoms with Crippen LogP contribution < -0.4 is 10.1 Å². The number of carbonyl (C=O) groups is 1. The van der Waals surface area contributed by atoms with Gasteiger partial charge in [0.1, 0.15) is 11.4 Å². The van der Waals surface area contributed by atoms with Gasteiger partial charge in [-0.2, -0.15) is 0 Å². The molecular weight excluding hydrogens is 254 g/mol. The van der Waals surface area contributed by atoms with Gasteiger partial charge in [0, 0.05) is 24.5 Å². The van der Waals surface area contributed by atoms with E-state index in [0.717, 1.165) is 22.4 Å². The normalized spacial score (nSPS) is 10.2. The molecule has 1 aromatic carbocycles. The third-order valence-electron chi connectivity index (χ3n) is 3.13. The zero-order valence-corrected chi connectivity index (χ0v) is 11.8. The standard InChI is InChI=1S/C15H17N3O2/c1-10-6-12(14(20-3)7-11(10)2)8-18-15(19)13-9-16-4-5-17-13/h4-7,9H,8H2,1-3H3,(H,18,19). The Hall–Kier alpha value is -2.43. The molecule has 0 bridgehead atoms. The minimum Gasteiger partial charge on any atom is -0.496 e. The van der Waals surface area contributed by atoms with Crippen molar-refractivity contribution in [2.24, 2.45) is 0 Å². The van der Waals surface area contributed by atoms with Crippen molar-refractivity contribution in [1.29, 1.82) is 0 Å². The summed E-state index contributed by atoms with van der Waals surface area (Å²) in [6.07, 6.45) is 4.46. The number of hydrogen-bond donors (Lipinski definition) is 1. The molecule has 0 aliphatic rings. The molecule has 5 heteroatoms. The van der Waals surface area contributed by atoms with Gasteiger partial charge in [0.2, 0.25) is 0 Å². The van der Waals surface area contributed by atoms with E-state index in [1.165, 1.54) is 18.6 Å². The second kappa shape index (κ2) is 6.14. The Morgan fingerprint density at radius 3 is 2.65 bits per heavy atom. The molecule has 5 nitrogen and oxygen atoms in total. The molecule has 2 rings (SSSR count). The summed E-state index contributed by atoms with van der Waals surface area (Å²) in [6.45, 7) is 4.45. The summed E-state index contributed by atoms with van der Waals surface area (Å²) in [5.74, 6) is 0.519. The monoisotopic (exact) mass is 271 g/mol. The molecule has 104 valence electrons. The minimum atomic E-state index is -0.251. The van der Waals surface area contributed by atoms with Crippen LogP contribution in [0.1, 0.15) is 27.2 Å². The highest BCUT2D eigenvalue weighted by Crippen LogP contribution is 2.22. The summed E-state index contributed by atoms with van der Waals surface area (Å²) in [5.41, 5.74) is 3.56. The third kappa shape index (κ3) is 3.12. The zero-order valence-electron chi connectivity index (χ0n) is 11.8. The molecule has 0 fully saturated rings. The molecule has 1 N–H and O–H groups in total. The summed E-state index contributed by atoms with van der Waals surface area (Å²) in [6, 6.07) is 3.99. The van der Waals surface area contributed by atoms with E-state index in [9.17, 15) is 4.79 Å². The van der Waals surface area contributed by atoms with Crippen molar-refractivity contribution < 1.29 is 9.53 Å². The lowest BCUT2D eigenvalue weighted by atomic mass is 10.0. The molecule has 0 saturated heterocycles. The minimum absolute atomic E-state index is 0.251. The number of aryl methyl sites for hydroxylation is 2. The lowest BCUT2D eigenvalue weighted by Gasteiger charge is -2.12. The SMILES string of the molecule is COc1cc(C)c(C)cc1CNC(=O)c1cnccn1. The molecular formula is C15H17N3O2. The maximum Gasteiger partial charge on any atom is 0.271 e. The number of methoxy groups -OCH3 is 1. The van der Waals surface area contributed by atoms with Gasteiger partial charge in [-0.15, -0.1) is 0 Å². The van der Waals surface area contributed by atoms with Gasteiger partial charge in [-0.05, 0) is 31.0 Å². The number of rotatable bonds is 4. The van der Waals surface area contributed by atoms with Crippen LogP contribution in [-0.4, -0.2) is 23.0 Å². The lowest BCUT2D eigenvalue weighted by Crippen LogP contribution is -2.24. The van der Waals surface area contributed by atoms with Crippen LogP contribution in [-0.2, 0) is 6.54 Å². The summed E-state index contributed by atoms with van der Waals surface area (Å²) in [5, 5.41) is 2.82. The number of aromatic nitrogens is 2. The van der Waals surface area contributed by atoms with Crippen LogP contribution in [0.3, 0.4) is 0 Å².